The molecule has 1 N–H and O–H groups in total. The fourth-order valence-electron chi connectivity index (χ4n) is 2.75. The van der Waals surface area contributed by atoms with Crippen LogP contribution in [0, 0.1) is 0 Å². The molecule has 2 aromatic rings. The molecule has 1 saturated heterocycles. The van der Waals surface area contributed by atoms with Crippen molar-refractivity contribution in [3.63, 3.8) is 0 Å². The number of amides is 1. The third kappa shape index (κ3) is 3.52. The molecule has 6 heteroatoms. The maximum absolute atomic E-state index is 12.0. The van der Waals surface area contributed by atoms with E-state index in [0.717, 1.165) is 18.8 Å². The van der Waals surface area contributed by atoms with Gasteiger partial charge in [0.25, 0.3) is 0 Å². The van der Waals surface area contributed by atoms with Crippen LogP contribution in [0.5, 0.6) is 0 Å². The number of hydrogen-bond acceptors (Lipinski definition) is 4. The van der Waals surface area contributed by atoms with E-state index in [-0.39, 0.29) is 18.5 Å². The SMILES string of the molecule is O=C(Cn1cccn1)NCC(c1ccco1)N1CCCC1. The predicted molar refractivity (Wildman–Crippen MR) is 77.5 cm³/mol. The van der Waals surface area contributed by atoms with Gasteiger partial charge in [-0.15, -0.1) is 0 Å². The lowest BCUT2D eigenvalue weighted by atomic mass is 10.2. The second-order valence-electron chi connectivity index (χ2n) is 5.28. The second kappa shape index (κ2) is 6.58. The van der Waals surface area contributed by atoms with Gasteiger partial charge in [-0.3, -0.25) is 14.4 Å². The standard InChI is InChI=1S/C15H20N4O2/c20-15(12-19-9-4-6-17-19)16-11-13(14-5-3-10-21-14)18-7-1-2-8-18/h3-6,9-10,13H,1-2,7-8,11-12H2,(H,16,20). The fourth-order valence-corrected chi connectivity index (χ4v) is 2.75. The van der Waals surface area contributed by atoms with E-state index in [2.05, 4.69) is 15.3 Å². The minimum atomic E-state index is -0.0329. The van der Waals surface area contributed by atoms with E-state index >= 15 is 0 Å². The van der Waals surface area contributed by atoms with Crippen molar-refractivity contribution in [2.45, 2.75) is 25.4 Å². The zero-order valence-electron chi connectivity index (χ0n) is 11.9. The van der Waals surface area contributed by atoms with E-state index in [9.17, 15) is 4.79 Å². The molecular formula is C15H20N4O2. The van der Waals surface area contributed by atoms with E-state index in [1.807, 2.05) is 18.2 Å². The van der Waals surface area contributed by atoms with Gasteiger partial charge in [-0.2, -0.15) is 5.10 Å². The molecule has 0 saturated carbocycles. The highest BCUT2D eigenvalue weighted by molar-refractivity contribution is 5.75. The van der Waals surface area contributed by atoms with Crippen molar-refractivity contribution in [3.8, 4) is 0 Å². The highest BCUT2D eigenvalue weighted by atomic mass is 16.3. The van der Waals surface area contributed by atoms with Crippen molar-refractivity contribution in [1.82, 2.24) is 20.0 Å². The number of aromatic nitrogens is 2. The van der Waals surface area contributed by atoms with Crippen LogP contribution in [-0.2, 0) is 11.3 Å². The lowest BCUT2D eigenvalue weighted by molar-refractivity contribution is -0.122. The Morgan fingerprint density at radius 3 is 2.90 bits per heavy atom. The van der Waals surface area contributed by atoms with E-state index < -0.39 is 0 Å². The molecule has 3 rings (SSSR count). The van der Waals surface area contributed by atoms with Crippen LogP contribution in [0.25, 0.3) is 0 Å². The van der Waals surface area contributed by atoms with Gasteiger partial charge in [0.1, 0.15) is 12.3 Å². The number of furan rings is 1. The van der Waals surface area contributed by atoms with Gasteiger partial charge in [-0.05, 0) is 44.1 Å². The average molecular weight is 288 g/mol. The molecule has 1 aliphatic heterocycles. The predicted octanol–water partition coefficient (Wildman–Crippen LogP) is 1.43. The first-order valence-electron chi connectivity index (χ1n) is 7.34. The van der Waals surface area contributed by atoms with Crippen molar-refractivity contribution in [1.29, 1.82) is 0 Å². The van der Waals surface area contributed by atoms with Gasteiger partial charge in [0.15, 0.2) is 0 Å². The summed E-state index contributed by atoms with van der Waals surface area (Å²) in [5.41, 5.74) is 0. The molecule has 1 amide bonds. The van der Waals surface area contributed by atoms with E-state index in [1.54, 1.807) is 23.3 Å². The number of likely N-dealkylation sites (tertiary alicyclic amines) is 1. The van der Waals surface area contributed by atoms with E-state index in [1.165, 1.54) is 12.8 Å². The van der Waals surface area contributed by atoms with Crippen LogP contribution in [0.1, 0.15) is 24.6 Å². The second-order valence-corrected chi connectivity index (χ2v) is 5.28. The Morgan fingerprint density at radius 1 is 1.38 bits per heavy atom. The zero-order chi connectivity index (χ0) is 14.5. The summed E-state index contributed by atoms with van der Waals surface area (Å²) in [5, 5.41) is 7.02. The minimum Gasteiger partial charge on any atom is -0.468 e. The van der Waals surface area contributed by atoms with Crippen LogP contribution in [0.2, 0.25) is 0 Å². The number of carbonyl (C=O) groups excluding carboxylic acids is 1. The zero-order valence-corrected chi connectivity index (χ0v) is 11.9. The molecular weight excluding hydrogens is 268 g/mol. The normalized spacial score (nSPS) is 17.0. The lowest BCUT2D eigenvalue weighted by Crippen LogP contribution is -2.38. The van der Waals surface area contributed by atoms with Crippen molar-refractivity contribution < 1.29 is 9.21 Å². The molecule has 112 valence electrons. The molecule has 0 bridgehead atoms. The molecule has 2 aromatic heterocycles. The molecule has 0 spiro atoms. The first kappa shape index (κ1) is 13.9. The van der Waals surface area contributed by atoms with Crippen LogP contribution in [0.3, 0.4) is 0 Å². The number of rotatable bonds is 6. The maximum atomic E-state index is 12.0. The third-order valence-corrected chi connectivity index (χ3v) is 3.81. The summed E-state index contributed by atoms with van der Waals surface area (Å²) in [6.45, 7) is 2.92. The Morgan fingerprint density at radius 2 is 2.24 bits per heavy atom. The molecule has 0 aliphatic carbocycles. The monoisotopic (exact) mass is 288 g/mol. The average Bonchev–Trinajstić information content (AvgIpc) is 3.23. The fraction of sp³-hybridized carbons (Fsp3) is 0.467. The quantitative estimate of drug-likeness (QED) is 0.873. The maximum Gasteiger partial charge on any atom is 0.241 e. The summed E-state index contributed by atoms with van der Waals surface area (Å²) < 4.78 is 7.15. The van der Waals surface area contributed by atoms with Gasteiger partial charge in [0, 0.05) is 18.9 Å². The highest BCUT2D eigenvalue weighted by Gasteiger charge is 2.25. The van der Waals surface area contributed by atoms with Crippen molar-refractivity contribution in [2.75, 3.05) is 19.6 Å². The van der Waals surface area contributed by atoms with E-state index in [4.69, 9.17) is 4.42 Å². The number of nitrogens with one attached hydrogen (secondary N) is 1. The summed E-state index contributed by atoms with van der Waals surface area (Å²) in [6, 6.07) is 5.79. The largest absolute Gasteiger partial charge is 0.468 e. The Hall–Kier alpha value is -2.08. The van der Waals surface area contributed by atoms with Gasteiger partial charge < -0.3 is 9.73 Å². The summed E-state index contributed by atoms with van der Waals surface area (Å²) >= 11 is 0. The molecule has 1 aliphatic rings. The first-order chi connectivity index (χ1) is 10.3. The molecule has 0 aromatic carbocycles. The van der Waals surface area contributed by atoms with Crippen molar-refractivity contribution in [3.05, 3.63) is 42.6 Å². The molecule has 3 heterocycles. The smallest absolute Gasteiger partial charge is 0.241 e. The Kier molecular flexibility index (Phi) is 4.35. The summed E-state index contributed by atoms with van der Waals surface area (Å²) in [5.74, 6) is 0.880. The Balaban J connectivity index is 1.58. The number of hydrogen-bond donors (Lipinski definition) is 1. The molecule has 6 nitrogen and oxygen atoms in total. The van der Waals surface area contributed by atoms with Gasteiger partial charge in [-0.25, -0.2) is 0 Å². The van der Waals surface area contributed by atoms with Crippen LogP contribution >= 0.6 is 0 Å². The first-order valence-corrected chi connectivity index (χ1v) is 7.34. The van der Waals surface area contributed by atoms with E-state index in [0.29, 0.717) is 6.54 Å². The Labute approximate surface area is 123 Å². The third-order valence-electron chi connectivity index (χ3n) is 3.81. The van der Waals surface area contributed by atoms with Gasteiger partial charge in [0.05, 0.1) is 12.3 Å². The topological polar surface area (TPSA) is 63.3 Å². The molecule has 0 radical (unpaired) electrons. The molecule has 1 atom stereocenters. The van der Waals surface area contributed by atoms with Crippen molar-refractivity contribution >= 4 is 5.91 Å². The van der Waals surface area contributed by atoms with Crippen LogP contribution < -0.4 is 5.32 Å². The molecule has 1 fully saturated rings. The van der Waals surface area contributed by atoms with Gasteiger partial charge in [0.2, 0.25) is 5.91 Å². The van der Waals surface area contributed by atoms with Crippen molar-refractivity contribution in [2.24, 2.45) is 0 Å². The highest BCUT2D eigenvalue weighted by Crippen LogP contribution is 2.24. The van der Waals surface area contributed by atoms with Crippen LogP contribution in [-0.4, -0.2) is 40.2 Å². The van der Waals surface area contributed by atoms with Crippen LogP contribution in [0.4, 0.5) is 0 Å². The lowest BCUT2D eigenvalue weighted by Gasteiger charge is -2.26. The summed E-state index contributed by atoms with van der Waals surface area (Å²) in [7, 11) is 0. The minimum absolute atomic E-state index is 0.0329. The molecule has 1 unspecified atom stereocenters. The van der Waals surface area contributed by atoms with Gasteiger partial charge >= 0.3 is 0 Å². The summed E-state index contributed by atoms with van der Waals surface area (Å²) in [6.07, 6.45) is 7.55. The summed E-state index contributed by atoms with van der Waals surface area (Å²) in [4.78, 5) is 14.3. The van der Waals surface area contributed by atoms with Crippen LogP contribution in [0.15, 0.2) is 41.3 Å². The number of nitrogens with zero attached hydrogens (tertiary/aromatic N) is 3. The molecule has 21 heavy (non-hydrogen) atoms. The Bertz CT molecular complexity index is 544. The number of carbonyl (C=O) groups is 1. The van der Waals surface area contributed by atoms with Gasteiger partial charge in [-0.1, -0.05) is 0 Å².